The minimum atomic E-state index is 0.587. The van der Waals surface area contributed by atoms with E-state index >= 15 is 0 Å². The maximum Gasteiger partial charge on any atom is 0.169 e. The van der Waals surface area contributed by atoms with Gasteiger partial charge >= 0.3 is 0 Å². The Morgan fingerprint density at radius 1 is 0.778 bits per heavy atom. The Balaban J connectivity index is 1.83. The molecule has 0 saturated heterocycles. The summed E-state index contributed by atoms with van der Waals surface area (Å²) in [4.78, 5) is 0. The minimum absolute atomic E-state index is 0.587. The molecule has 0 bridgehead atoms. The second-order valence-electron chi connectivity index (χ2n) is 4.87. The fourth-order valence-corrected chi connectivity index (χ4v) is 1.86. The van der Waals surface area contributed by atoms with E-state index in [1.807, 2.05) is 18.2 Å². The first-order valence-corrected chi connectivity index (χ1v) is 6.46. The zero-order valence-electron chi connectivity index (χ0n) is 11.1. The van der Waals surface area contributed by atoms with Gasteiger partial charge in [-0.25, -0.2) is 0 Å². The predicted molar refractivity (Wildman–Crippen MR) is 78.5 cm³/mol. The first kappa shape index (κ1) is 12.9. The number of hydrogen-bond acceptors (Lipinski definition) is 1. The van der Waals surface area contributed by atoms with Crippen molar-refractivity contribution in [3.63, 3.8) is 0 Å². The van der Waals surface area contributed by atoms with Gasteiger partial charge in [0.15, 0.2) is 6.71 Å². The molecule has 2 aromatic carbocycles. The van der Waals surface area contributed by atoms with Crippen LogP contribution in [0.1, 0.15) is 11.1 Å². The Morgan fingerprint density at radius 3 is 1.89 bits per heavy atom. The van der Waals surface area contributed by atoms with Crippen LogP contribution in [-0.4, -0.2) is 6.71 Å². The van der Waals surface area contributed by atoms with Gasteiger partial charge < -0.3 is 4.74 Å². The van der Waals surface area contributed by atoms with Crippen molar-refractivity contribution in [2.24, 2.45) is 0 Å². The molecule has 18 heavy (non-hydrogen) atoms. The van der Waals surface area contributed by atoms with E-state index in [-0.39, 0.29) is 0 Å². The highest BCUT2D eigenvalue weighted by molar-refractivity contribution is 6.70. The molecule has 0 fully saturated rings. The van der Waals surface area contributed by atoms with E-state index in [2.05, 4.69) is 50.0 Å². The molecule has 1 nitrogen and oxygen atoms in total. The smallest absolute Gasteiger partial charge is 0.169 e. The third kappa shape index (κ3) is 3.74. The molecule has 0 amide bonds. The van der Waals surface area contributed by atoms with Crippen LogP contribution in [0.15, 0.2) is 54.6 Å². The highest BCUT2D eigenvalue weighted by Gasteiger charge is 2.02. The van der Waals surface area contributed by atoms with Gasteiger partial charge in [-0.2, -0.15) is 0 Å². The molecule has 0 spiro atoms. The Hall–Kier alpha value is -1.54. The summed E-state index contributed by atoms with van der Waals surface area (Å²) >= 11 is 0. The van der Waals surface area contributed by atoms with Gasteiger partial charge in [0.25, 0.3) is 0 Å². The maximum atomic E-state index is 5.71. The van der Waals surface area contributed by atoms with Crippen molar-refractivity contribution in [3.05, 3.63) is 65.7 Å². The highest BCUT2D eigenvalue weighted by atomic mass is 16.5. The lowest BCUT2D eigenvalue weighted by molar-refractivity contribution is 0.107. The van der Waals surface area contributed by atoms with Crippen LogP contribution in [0, 0.1) is 0 Å². The Labute approximate surface area is 110 Å². The summed E-state index contributed by atoms with van der Waals surface area (Å²) < 4.78 is 5.71. The quantitative estimate of drug-likeness (QED) is 0.725. The summed E-state index contributed by atoms with van der Waals surface area (Å²) in [6, 6.07) is 18.9. The third-order valence-corrected chi connectivity index (χ3v) is 3.03. The summed E-state index contributed by atoms with van der Waals surface area (Å²) in [7, 11) is 0. The summed E-state index contributed by atoms with van der Waals surface area (Å²) in [5, 5.41) is 0. The van der Waals surface area contributed by atoms with Crippen molar-refractivity contribution in [1.29, 1.82) is 0 Å². The average molecular weight is 238 g/mol. The molecule has 2 heteroatoms. The van der Waals surface area contributed by atoms with Crippen LogP contribution in [0.2, 0.25) is 13.6 Å². The second kappa shape index (κ2) is 6.41. The van der Waals surface area contributed by atoms with Gasteiger partial charge in [0.2, 0.25) is 0 Å². The van der Waals surface area contributed by atoms with Gasteiger partial charge in [0.05, 0.1) is 13.2 Å². The van der Waals surface area contributed by atoms with E-state index < -0.39 is 0 Å². The van der Waals surface area contributed by atoms with Gasteiger partial charge in [0.1, 0.15) is 0 Å². The van der Waals surface area contributed by atoms with Crippen LogP contribution in [0.5, 0.6) is 0 Å². The topological polar surface area (TPSA) is 9.23 Å². The molecule has 0 atom stereocenters. The van der Waals surface area contributed by atoms with Crippen LogP contribution in [0.3, 0.4) is 0 Å². The van der Waals surface area contributed by atoms with E-state index in [0.717, 1.165) is 0 Å². The lowest BCUT2D eigenvalue weighted by Gasteiger charge is -2.06. The molecule has 0 heterocycles. The summed E-state index contributed by atoms with van der Waals surface area (Å²) in [6.07, 6.45) is 0. The predicted octanol–water partition coefficient (Wildman–Crippen LogP) is 3.36. The molecular weight excluding hydrogens is 219 g/mol. The van der Waals surface area contributed by atoms with Crippen molar-refractivity contribution in [2.75, 3.05) is 0 Å². The van der Waals surface area contributed by atoms with Gasteiger partial charge in [-0.1, -0.05) is 73.7 Å². The monoisotopic (exact) mass is 238 g/mol. The molecule has 0 aliphatic carbocycles. The Bertz CT molecular complexity index is 462. The van der Waals surface area contributed by atoms with E-state index in [1.54, 1.807) is 0 Å². The van der Waals surface area contributed by atoms with Gasteiger partial charge in [-0.15, -0.1) is 0 Å². The molecule has 0 aliphatic rings. The first-order valence-electron chi connectivity index (χ1n) is 6.46. The molecule has 0 aliphatic heterocycles. The van der Waals surface area contributed by atoms with Crippen LogP contribution in [-0.2, 0) is 18.0 Å². The van der Waals surface area contributed by atoms with E-state index in [4.69, 9.17) is 4.74 Å². The summed E-state index contributed by atoms with van der Waals surface area (Å²) in [6.45, 7) is 6.35. The molecule has 0 radical (unpaired) electrons. The average Bonchev–Trinajstić information content (AvgIpc) is 2.40. The van der Waals surface area contributed by atoms with Gasteiger partial charge in [0, 0.05) is 0 Å². The molecule has 2 rings (SSSR count). The fraction of sp³-hybridized carbons (Fsp3) is 0.250. The zero-order valence-corrected chi connectivity index (χ0v) is 11.1. The molecule has 0 aromatic heterocycles. The number of rotatable bonds is 5. The molecule has 0 saturated carbocycles. The molecule has 0 unspecified atom stereocenters. The number of hydrogen-bond donors (Lipinski definition) is 0. The van der Waals surface area contributed by atoms with Gasteiger partial charge in [-0.05, 0) is 11.1 Å². The minimum Gasteiger partial charge on any atom is -0.372 e. The normalized spacial score (nSPS) is 10.3. The van der Waals surface area contributed by atoms with Crippen molar-refractivity contribution in [2.45, 2.75) is 26.9 Å². The summed E-state index contributed by atoms with van der Waals surface area (Å²) in [5.74, 6) is 0. The molecule has 0 N–H and O–H groups in total. The van der Waals surface area contributed by atoms with Crippen LogP contribution < -0.4 is 5.46 Å². The van der Waals surface area contributed by atoms with Crippen LogP contribution in [0.25, 0.3) is 0 Å². The molecular formula is C16H19BO. The molecule has 92 valence electrons. The lowest BCUT2D eigenvalue weighted by atomic mass is 9.49. The van der Waals surface area contributed by atoms with Crippen molar-refractivity contribution < 1.29 is 4.74 Å². The van der Waals surface area contributed by atoms with Crippen molar-refractivity contribution in [1.82, 2.24) is 0 Å². The summed E-state index contributed by atoms with van der Waals surface area (Å²) in [5.41, 5.74) is 3.83. The molecule has 2 aromatic rings. The Kier molecular flexibility index (Phi) is 4.60. The highest BCUT2D eigenvalue weighted by Crippen LogP contribution is 2.05. The van der Waals surface area contributed by atoms with Crippen molar-refractivity contribution >= 4 is 12.2 Å². The third-order valence-electron chi connectivity index (χ3n) is 3.03. The fourth-order valence-electron chi connectivity index (χ4n) is 1.86. The van der Waals surface area contributed by atoms with E-state index in [9.17, 15) is 0 Å². The Morgan fingerprint density at radius 2 is 1.33 bits per heavy atom. The van der Waals surface area contributed by atoms with Crippen LogP contribution >= 0.6 is 0 Å². The number of ether oxygens (including phenoxy) is 1. The first-order chi connectivity index (χ1) is 8.75. The van der Waals surface area contributed by atoms with Gasteiger partial charge in [-0.3, -0.25) is 0 Å². The van der Waals surface area contributed by atoms with E-state index in [1.165, 1.54) is 16.6 Å². The maximum absolute atomic E-state index is 5.71. The lowest BCUT2D eigenvalue weighted by Crippen LogP contribution is -2.21. The van der Waals surface area contributed by atoms with Crippen molar-refractivity contribution in [3.8, 4) is 0 Å². The zero-order chi connectivity index (χ0) is 12.8. The van der Waals surface area contributed by atoms with Crippen LogP contribution in [0.4, 0.5) is 0 Å². The largest absolute Gasteiger partial charge is 0.372 e. The SMILES string of the molecule is CB(C)c1ccc(COCc2ccccc2)cc1. The van der Waals surface area contributed by atoms with E-state index in [0.29, 0.717) is 19.9 Å². The standard InChI is InChI=1S/C16H19BO/c1-17(2)16-10-8-15(9-11-16)13-18-12-14-6-4-3-5-7-14/h3-11H,12-13H2,1-2H3. The number of benzene rings is 2. The second-order valence-corrected chi connectivity index (χ2v) is 4.87.